The Morgan fingerprint density at radius 1 is 1.03 bits per heavy atom. The highest BCUT2D eigenvalue weighted by molar-refractivity contribution is 9.10. The van der Waals surface area contributed by atoms with Gasteiger partial charge in [-0.2, -0.15) is 14.5 Å². The molecule has 30 heavy (non-hydrogen) atoms. The molecule has 0 bridgehead atoms. The van der Waals surface area contributed by atoms with E-state index < -0.39 is 11.8 Å². The second kappa shape index (κ2) is 10.00. The fourth-order valence-corrected chi connectivity index (χ4v) is 3.69. The molecule has 3 rings (SSSR count). The third-order valence-electron chi connectivity index (χ3n) is 4.08. The van der Waals surface area contributed by atoms with E-state index in [2.05, 4.69) is 47.2 Å². The molecule has 1 heterocycles. The Morgan fingerprint density at radius 2 is 1.63 bits per heavy atom. The fraction of sp³-hybridized carbons (Fsp3) is 0.211. The number of aromatic nitrogens is 4. The molecular formula is C19H15Br2Cl2N5O2. The number of hydrogen-bond donors (Lipinski definition) is 0. The molecule has 2 aromatic carbocycles. The molecular weight excluding hydrogens is 561 g/mol. The number of hydrogen-bond acceptors (Lipinski definition) is 4. The Kier molecular flexibility index (Phi) is 7.62. The van der Waals surface area contributed by atoms with Gasteiger partial charge in [0.15, 0.2) is 0 Å². The first-order valence-corrected chi connectivity index (χ1v) is 11.2. The minimum absolute atomic E-state index is 0.159. The van der Waals surface area contributed by atoms with E-state index in [1.165, 1.54) is 4.80 Å². The molecule has 0 N–H and O–H groups in total. The Bertz CT molecular complexity index is 1190. The summed E-state index contributed by atoms with van der Waals surface area (Å²) in [5.41, 5.74) is 0.238. The minimum Gasteiger partial charge on any atom is -0.267 e. The number of amides is 1. The van der Waals surface area contributed by atoms with E-state index in [1.54, 1.807) is 36.4 Å². The van der Waals surface area contributed by atoms with E-state index in [1.807, 2.05) is 6.92 Å². The maximum atomic E-state index is 13.3. The van der Waals surface area contributed by atoms with Gasteiger partial charge in [0.05, 0.1) is 27.7 Å². The van der Waals surface area contributed by atoms with Gasteiger partial charge in [0.2, 0.25) is 0 Å². The number of tetrazole rings is 1. The van der Waals surface area contributed by atoms with E-state index in [9.17, 15) is 9.59 Å². The zero-order chi connectivity index (χ0) is 21.8. The molecule has 0 atom stereocenters. The molecule has 0 saturated carbocycles. The van der Waals surface area contributed by atoms with Crippen LogP contribution in [0.5, 0.6) is 0 Å². The molecule has 0 aliphatic heterocycles. The second-order valence-corrected chi connectivity index (χ2v) is 8.87. The van der Waals surface area contributed by atoms with E-state index >= 15 is 0 Å². The summed E-state index contributed by atoms with van der Waals surface area (Å²) in [6.07, 6.45) is 1.64. The van der Waals surface area contributed by atoms with Crippen LogP contribution in [-0.2, 0) is 6.54 Å². The third-order valence-corrected chi connectivity index (χ3v) is 5.73. The van der Waals surface area contributed by atoms with Gasteiger partial charge >= 0.3 is 0 Å². The lowest BCUT2D eigenvalue weighted by atomic mass is 10.2. The highest BCUT2D eigenvalue weighted by Crippen LogP contribution is 2.23. The van der Waals surface area contributed by atoms with Gasteiger partial charge in [-0.15, -0.1) is 0 Å². The van der Waals surface area contributed by atoms with Gasteiger partial charge in [-0.25, -0.2) is 0 Å². The van der Waals surface area contributed by atoms with Gasteiger partial charge < -0.3 is 0 Å². The number of carbonyl (C=O) groups excluding carboxylic acids is 2. The molecule has 156 valence electrons. The number of unbranched alkanes of at least 4 members (excludes halogenated alkanes) is 1. The summed E-state index contributed by atoms with van der Waals surface area (Å²) in [6, 6.07) is 9.74. The Hall–Kier alpha value is -1.81. The van der Waals surface area contributed by atoms with Crippen molar-refractivity contribution in [3.63, 3.8) is 0 Å². The highest BCUT2D eigenvalue weighted by atomic mass is 79.9. The molecule has 0 aliphatic rings. The van der Waals surface area contributed by atoms with Gasteiger partial charge in [0.25, 0.3) is 17.4 Å². The van der Waals surface area contributed by atoms with Crippen LogP contribution in [0.3, 0.4) is 0 Å². The molecule has 0 radical (unpaired) electrons. The smallest absolute Gasteiger partial charge is 0.267 e. The topological polar surface area (TPSA) is 82.1 Å². The minimum atomic E-state index is -0.647. The Labute approximate surface area is 198 Å². The average Bonchev–Trinajstić information content (AvgIpc) is 3.11. The fourth-order valence-electron chi connectivity index (χ4n) is 2.57. The number of carbonyl (C=O) groups is 2. The summed E-state index contributed by atoms with van der Waals surface area (Å²) in [5, 5.41) is 8.44. The van der Waals surface area contributed by atoms with Crippen LogP contribution in [0.1, 0.15) is 40.5 Å². The van der Waals surface area contributed by atoms with Gasteiger partial charge in [-0.3, -0.25) is 9.59 Å². The molecule has 0 unspecified atom stereocenters. The average molecular weight is 576 g/mol. The van der Waals surface area contributed by atoms with E-state index in [0.717, 1.165) is 17.5 Å². The number of nitrogens with zero attached hydrogens (tertiary/aromatic N) is 5. The van der Waals surface area contributed by atoms with Crippen molar-refractivity contribution in [2.24, 2.45) is 4.99 Å². The monoisotopic (exact) mass is 573 g/mol. The molecule has 3 aromatic rings. The molecule has 11 heteroatoms. The van der Waals surface area contributed by atoms with Crippen LogP contribution in [0.4, 0.5) is 0 Å². The van der Waals surface area contributed by atoms with Crippen LogP contribution in [0.25, 0.3) is 0 Å². The molecule has 0 saturated heterocycles. The Balaban J connectivity index is 2.14. The summed E-state index contributed by atoms with van der Waals surface area (Å²) in [4.78, 5) is 31.4. The van der Waals surface area contributed by atoms with Gasteiger partial charge in [0.1, 0.15) is 0 Å². The summed E-state index contributed by atoms with van der Waals surface area (Å²) in [7, 11) is 0. The summed E-state index contributed by atoms with van der Waals surface area (Å²) in [6.45, 7) is 2.43. The van der Waals surface area contributed by atoms with Crippen molar-refractivity contribution in [2.75, 3.05) is 0 Å². The number of rotatable bonds is 5. The van der Waals surface area contributed by atoms with Crippen LogP contribution in [0.15, 0.2) is 50.3 Å². The predicted octanol–water partition coefficient (Wildman–Crippen LogP) is 5.14. The van der Waals surface area contributed by atoms with Crippen molar-refractivity contribution in [1.29, 1.82) is 0 Å². The third kappa shape index (κ3) is 5.08. The first-order valence-electron chi connectivity index (χ1n) is 8.88. The van der Waals surface area contributed by atoms with Crippen LogP contribution in [-0.4, -0.2) is 31.6 Å². The van der Waals surface area contributed by atoms with Crippen molar-refractivity contribution in [3.8, 4) is 0 Å². The first-order chi connectivity index (χ1) is 14.3. The van der Waals surface area contributed by atoms with E-state index in [0.29, 0.717) is 15.5 Å². The SMILES string of the molecule is CCCCn1nnc(=NC(=O)c2cc(Br)ccc2Cl)n1C(=O)c1cc(Br)ccc1Cl. The number of aryl methyl sites for hydroxylation is 1. The van der Waals surface area contributed by atoms with Gasteiger partial charge in [-0.05, 0) is 48.0 Å². The van der Waals surface area contributed by atoms with E-state index in [4.69, 9.17) is 23.2 Å². The number of benzene rings is 2. The lowest BCUT2D eigenvalue weighted by Gasteiger charge is -2.09. The highest BCUT2D eigenvalue weighted by Gasteiger charge is 2.20. The molecule has 0 aliphatic carbocycles. The van der Waals surface area contributed by atoms with E-state index in [-0.39, 0.29) is 26.8 Å². The van der Waals surface area contributed by atoms with Crippen molar-refractivity contribution in [2.45, 2.75) is 26.3 Å². The second-order valence-electron chi connectivity index (χ2n) is 6.22. The van der Waals surface area contributed by atoms with Crippen molar-refractivity contribution >= 4 is 66.9 Å². The lowest BCUT2D eigenvalue weighted by molar-refractivity contribution is 0.0913. The maximum absolute atomic E-state index is 13.3. The van der Waals surface area contributed by atoms with Crippen molar-refractivity contribution < 1.29 is 9.59 Å². The van der Waals surface area contributed by atoms with Crippen LogP contribution < -0.4 is 5.62 Å². The van der Waals surface area contributed by atoms with Crippen LogP contribution >= 0.6 is 55.1 Å². The zero-order valence-corrected chi connectivity index (χ0v) is 20.3. The van der Waals surface area contributed by atoms with Crippen LogP contribution in [0.2, 0.25) is 10.0 Å². The molecule has 1 aromatic heterocycles. The summed E-state index contributed by atoms with van der Waals surface area (Å²) in [5.74, 6) is -1.15. The molecule has 0 fully saturated rings. The Morgan fingerprint density at radius 3 is 2.27 bits per heavy atom. The lowest BCUT2D eigenvalue weighted by Crippen LogP contribution is -2.33. The first kappa shape index (κ1) is 22.9. The van der Waals surface area contributed by atoms with Crippen molar-refractivity contribution in [3.05, 3.63) is 72.1 Å². The van der Waals surface area contributed by atoms with Gasteiger partial charge in [-0.1, -0.05) is 73.5 Å². The van der Waals surface area contributed by atoms with Crippen molar-refractivity contribution in [1.82, 2.24) is 19.8 Å². The summed E-state index contributed by atoms with van der Waals surface area (Å²) < 4.78 is 2.49. The maximum Gasteiger partial charge on any atom is 0.282 e. The largest absolute Gasteiger partial charge is 0.282 e. The predicted molar refractivity (Wildman–Crippen MR) is 121 cm³/mol. The zero-order valence-electron chi connectivity index (χ0n) is 15.6. The van der Waals surface area contributed by atoms with Crippen LogP contribution in [0, 0.1) is 0 Å². The molecule has 7 nitrogen and oxygen atoms in total. The quantitative estimate of drug-likeness (QED) is 0.394. The normalized spacial score (nSPS) is 11.7. The standard InChI is InChI=1S/C19H15Br2Cl2N5O2/c1-2-3-8-27-26-25-19(24-17(29)13-9-11(20)4-6-15(13)22)28(27)18(30)14-10-12(21)5-7-16(14)23/h4-7,9-10H,2-3,8H2,1H3. The summed E-state index contributed by atoms with van der Waals surface area (Å²) >= 11 is 19.0. The molecule has 0 spiro atoms. The van der Waals surface area contributed by atoms with Gasteiger partial charge in [0, 0.05) is 8.95 Å². The number of halogens is 4. The molecule has 1 amide bonds.